The van der Waals surface area contributed by atoms with Gasteiger partial charge in [-0.05, 0) is 42.5 Å². The summed E-state index contributed by atoms with van der Waals surface area (Å²) in [6.07, 6.45) is 7.36. The molecule has 22 heavy (non-hydrogen) atoms. The molecule has 0 saturated carbocycles. The second kappa shape index (κ2) is 8.13. The number of carbonyl (C=O) groups is 2. The van der Waals surface area contributed by atoms with Gasteiger partial charge in [-0.1, -0.05) is 32.1 Å². The highest BCUT2D eigenvalue weighted by atomic mass is 32.1. The summed E-state index contributed by atoms with van der Waals surface area (Å²) in [5.41, 5.74) is 0. The molecule has 1 aromatic rings. The van der Waals surface area contributed by atoms with Crippen LogP contribution in [0.3, 0.4) is 0 Å². The quantitative estimate of drug-likeness (QED) is 0.645. The van der Waals surface area contributed by atoms with Crippen molar-refractivity contribution in [1.29, 1.82) is 0 Å². The smallest absolute Gasteiger partial charge is 0.328 e. The molecule has 2 atom stereocenters. The van der Waals surface area contributed by atoms with E-state index in [9.17, 15) is 9.59 Å². The standard InChI is InChI=1S/C17H23NO3S/c1-12(2)15(18-16(19)14-9-6-10-22-14)17(20)21-11-13-7-4-3-5-8-13/h3-4,6,9-10,12-13,15H,5,7-8,11H2,1-2H3,(H,18,19). The summed E-state index contributed by atoms with van der Waals surface area (Å²) < 4.78 is 5.44. The average Bonchev–Trinajstić information content (AvgIpc) is 3.05. The summed E-state index contributed by atoms with van der Waals surface area (Å²) in [5, 5.41) is 4.63. The predicted molar refractivity (Wildman–Crippen MR) is 87.9 cm³/mol. The Morgan fingerprint density at radius 2 is 2.23 bits per heavy atom. The molecule has 0 fully saturated rings. The molecule has 0 saturated heterocycles. The third-order valence-corrected chi connectivity index (χ3v) is 4.66. The first-order valence-corrected chi connectivity index (χ1v) is 8.62. The van der Waals surface area contributed by atoms with Crippen LogP contribution in [-0.4, -0.2) is 24.5 Å². The summed E-state index contributed by atoms with van der Waals surface area (Å²) in [6, 6.07) is 2.96. The number of hydrogen-bond donors (Lipinski definition) is 1. The summed E-state index contributed by atoms with van der Waals surface area (Å²) in [7, 11) is 0. The molecule has 0 aliphatic heterocycles. The van der Waals surface area contributed by atoms with E-state index in [1.807, 2.05) is 25.3 Å². The predicted octanol–water partition coefficient (Wildman–Crippen LogP) is 3.40. The maximum absolute atomic E-state index is 12.3. The van der Waals surface area contributed by atoms with E-state index in [0.29, 0.717) is 17.4 Å². The molecule has 1 aliphatic rings. The van der Waals surface area contributed by atoms with Gasteiger partial charge >= 0.3 is 5.97 Å². The van der Waals surface area contributed by atoms with E-state index >= 15 is 0 Å². The van der Waals surface area contributed by atoms with Crippen LogP contribution in [0, 0.1) is 11.8 Å². The summed E-state index contributed by atoms with van der Waals surface area (Å²) in [6.45, 7) is 4.25. The molecule has 2 unspecified atom stereocenters. The van der Waals surface area contributed by atoms with E-state index in [4.69, 9.17) is 4.74 Å². The van der Waals surface area contributed by atoms with Crippen molar-refractivity contribution in [3.05, 3.63) is 34.5 Å². The van der Waals surface area contributed by atoms with Crippen molar-refractivity contribution in [1.82, 2.24) is 5.32 Å². The van der Waals surface area contributed by atoms with Crippen LogP contribution in [0.15, 0.2) is 29.7 Å². The fraction of sp³-hybridized carbons (Fsp3) is 0.529. The molecule has 4 nitrogen and oxygen atoms in total. The number of hydrogen-bond acceptors (Lipinski definition) is 4. The number of carbonyl (C=O) groups excluding carboxylic acids is 2. The van der Waals surface area contributed by atoms with Crippen LogP contribution in [0.1, 0.15) is 42.8 Å². The lowest BCUT2D eigenvalue weighted by atomic mass is 9.95. The molecule has 1 aromatic heterocycles. The molecule has 0 spiro atoms. The van der Waals surface area contributed by atoms with Gasteiger partial charge in [0.25, 0.3) is 5.91 Å². The van der Waals surface area contributed by atoms with Gasteiger partial charge in [0.1, 0.15) is 6.04 Å². The van der Waals surface area contributed by atoms with E-state index in [2.05, 4.69) is 17.5 Å². The van der Waals surface area contributed by atoms with Gasteiger partial charge < -0.3 is 10.1 Å². The normalized spacial score (nSPS) is 19.0. The molecule has 0 aromatic carbocycles. The Morgan fingerprint density at radius 1 is 1.41 bits per heavy atom. The first-order chi connectivity index (χ1) is 10.6. The zero-order chi connectivity index (χ0) is 15.9. The Labute approximate surface area is 135 Å². The Morgan fingerprint density at radius 3 is 2.82 bits per heavy atom. The Bertz CT molecular complexity index is 522. The molecule has 2 rings (SSSR count). The van der Waals surface area contributed by atoms with E-state index in [-0.39, 0.29) is 17.8 Å². The van der Waals surface area contributed by atoms with Gasteiger partial charge in [0, 0.05) is 0 Å². The van der Waals surface area contributed by atoms with Gasteiger partial charge in [0.2, 0.25) is 0 Å². The van der Waals surface area contributed by atoms with Crippen LogP contribution in [0.4, 0.5) is 0 Å². The van der Waals surface area contributed by atoms with Gasteiger partial charge in [-0.2, -0.15) is 0 Å². The average molecular weight is 321 g/mol. The van der Waals surface area contributed by atoms with Crippen LogP contribution < -0.4 is 5.32 Å². The van der Waals surface area contributed by atoms with Crippen molar-refractivity contribution >= 4 is 23.2 Å². The lowest BCUT2D eigenvalue weighted by Crippen LogP contribution is -2.45. The second-order valence-corrected chi connectivity index (χ2v) is 6.90. The SMILES string of the molecule is CC(C)C(NC(=O)c1cccs1)C(=O)OCC1CC=CCC1. The van der Waals surface area contributed by atoms with Crippen LogP contribution in [0.2, 0.25) is 0 Å². The minimum atomic E-state index is -0.603. The largest absolute Gasteiger partial charge is 0.464 e. The third-order valence-electron chi connectivity index (χ3n) is 3.79. The van der Waals surface area contributed by atoms with Gasteiger partial charge in [-0.15, -0.1) is 11.3 Å². The minimum Gasteiger partial charge on any atom is -0.464 e. The summed E-state index contributed by atoms with van der Waals surface area (Å²) >= 11 is 1.36. The molecule has 1 N–H and O–H groups in total. The van der Waals surface area contributed by atoms with E-state index in [1.54, 1.807) is 6.07 Å². The number of amides is 1. The first-order valence-electron chi connectivity index (χ1n) is 7.74. The Hall–Kier alpha value is -1.62. The Balaban J connectivity index is 1.88. The number of allylic oxidation sites excluding steroid dienone is 2. The highest BCUT2D eigenvalue weighted by molar-refractivity contribution is 7.12. The van der Waals surface area contributed by atoms with Crippen LogP contribution in [-0.2, 0) is 9.53 Å². The molecule has 1 heterocycles. The highest BCUT2D eigenvalue weighted by Crippen LogP contribution is 2.19. The first kappa shape index (κ1) is 16.7. The fourth-order valence-corrected chi connectivity index (χ4v) is 3.04. The highest BCUT2D eigenvalue weighted by Gasteiger charge is 2.27. The lowest BCUT2D eigenvalue weighted by molar-refractivity contribution is -0.148. The maximum atomic E-state index is 12.3. The van der Waals surface area contributed by atoms with Gasteiger partial charge in [-0.25, -0.2) is 4.79 Å². The Kier molecular flexibility index (Phi) is 6.19. The summed E-state index contributed by atoms with van der Waals surface area (Å²) in [5.74, 6) is -0.168. The number of nitrogens with one attached hydrogen (secondary N) is 1. The number of rotatable bonds is 6. The molecule has 120 valence electrons. The van der Waals surface area contributed by atoms with Gasteiger partial charge in [-0.3, -0.25) is 4.79 Å². The minimum absolute atomic E-state index is 0.0114. The van der Waals surface area contributed by atoms with Crippen molar-refractivity contribution < 1.29 is 14.3 Å². The van der Waals surface area contributed by atoms with Crippen LogP contribution in [0.25, 0.3) is 0 Å². The van der Waals surface area contributed by atoms with E-state index < -0.39 is 6.04 Å². The zero-order valence-electron chi connectivity index (χ0n) is 13.1. The van der Waals surface area contributed by atoms with Crippen molar-refractivity contribution in [2.24, 2.45) is 11.8 Å². The van der Waals surface area contributed by atoms with Gasteiger partial charge in [0.05, 0.1) is 11.5 Å². The monoisotopic (exact) mass is 321 g/mol. The van der Waals surface area contributed by atoms with Crippen molar-refractivity contribution in [3.63, 3.8) is 0 Å². The molecule has 1 aliphatic carbocycles. The molecular formula is C17H23NO3S. The molecule has 0 radical (unpaired) electrons. The number of ether oxygens (including phenoxy) is 1. The maximum Gasteiger partial charge on any atom is 0.328 e. The zero-order valence-corrected chi connectivity index (χ0v) is 13.9. The molecular weight excluding hydrogens is 298 g/mol. The van der Waals surface area contributed by atoms with Crippen LogP contribution in [0.5, 0.6) is 0 Å². The van der Waals surface area contributed by atoms with Crippen molar-refractivity contribution in [2.75, 3.05) is 6.61 Å². The fourth-order valence-electron chi connectivity index (χ4n) is 2.42. The number of esters is 1. The van der Waals surface area contributed by atoms with Crippen molar-refractivity contribution in [2.45, 2.75) is 39.2 Å². The second-order valence-electron chi connectivity index (χ2n) is 5.95. The number of thiophene rings is 1. The van der Waals surface area contributed by atoms with Gasteiger partial charge in [0.15, 0.2) is 0 Å². The molecule has 0 bridgehead atoms. The topological polar surface area (TPSA) is 55.4 Å². The molecule has 1 amide bonds. The summed E-state index contributed by atoms with van der Waals surface area (Å²) in [4.78, 5) is 25.0. The third kappa shape index (κ3) is 4.70. The van der Waals surface area contributed by atoms with E-state index in [0.717, 1.165) is 19.3 Å². The lowest BCUT2D eigenvalue weighted by Gasteiger charge is -2.23. The molecule has 5 heteroatoms. The van der Waals surface area contributed by atoms with E-state index in [1.165, 1.54) is 11.3 Å². The van der Waals surface area contributed by atoms with Crippen LogP contribution >= 0.6 is 11.3 Å². The van der Waals surface area contributed by atoms with Crippen molar-refractivity contribution in [3.8, 4) is 0 Å².